The normalized spacial score (nSPS) is 27.9. The fourth-order valence-corrected chi connectivity index (χ4v) is 3.76. The summed E-state index contributed by atoms with van der Waals surface area (Å²) in [5.74, 6) is -0.314. The van der Waals surface area contributed by atoms with E-state index in [1.807, 2.05) is 6.07 Å². The Balaban J connectivity index is 1.42. The van der Waals surface area contributed by atoms with Crippen molar-refractivity contribution in [2.75, 3.05) is 11.9 Å². The van der Waals surface area contributed by atoms with Gasteiger partial charge >= 0.3 is 6.03 Å². The first-order chi connectivity index (χ1) is 13.5. The molecular formula is C20H29N3O5. The topological polar surface area (TPSA) is 120 Å². The number of para-hydroxylation sites is 1. The van der Waals surface area contributed by atoms with Crippen molar-refractivity contribution in [3.63, 3.8) is 0 Å². The van der Waals surface area contributed by atoms with Crippen LogP contribution in [0.3, 0.4) is 0 Å². The molecule has 2 fully saturated rings. The number of benzene rings is 1. The van der Waals surface area contributed by atoms with Gasteiger partial charge in [-0.3, -0.25) is 4.79 Å². The second kappa shape index (κ2) is 9.86. The summed E-state index contributed by atoms with van der Waals surface area (Å²) in [7, 11) is 0. The molecule has 1 aromatic carbocycles. The summed E-state index contributed by atoms with van der Waals surface area (Å²) in [5.41, 5.74) is 0.651. The molecule has 1 aliphatic heterocycles. The van der Waals surface area contributed by atoms with E-state index in [0.717, 1.165) is 25.7 Å². The quantitative estimate of drug-likeness (QED) is 0.498. The van der Waals surface area contributed by atoms with Crippen LogP contribution in [0.1, 0.15) is 38.5 Å². The minimum Gasteiger partial charge on any atom is -0.388 e. The zero-order valence-electron chi connectivity index (χ0n) is 15.8. The number of ether oxygens (including phenoxy) is 1. The molecule has 3 rings (SSSR count). The van der Waals surface area contributed by atoms with Crippen LogP contribution in [0.4, 0.5) is 10.5 Å². The van der Waals surface area contributed by atoms with E-state index >= 15 is 0 Å². The summed E-state index contributed by atoms with van der Waals surface area (Å²) < 4.78 is 5.63. The second-order valence-corrected chi connectivity index (χ2v) is 7.50. The standard InChI is InChI=1S/C20H29N3O5/c24-17(22-13-7-3-1-4-8-13)11-15-18(25)19(26)16(28-15)12-21-20(27)23-14-9-5-2-6-10-14/h1,3-4,7-8,14-16,18-19,25-26H,2,5-6,9-12H2,(H,22,24)(H2,21,23,27)/t15-,16+,18-,19+/m0/s1. The number of hydrogen-bond acceptors (Lipinski definition) is 5. The molecule has 0 unspecified atom stereocenters. The van der Waals surface area contributed by atoms with Crippen molar-refractivity contribution in [1.82, 2.24) is 10.6 Å². The van der Waals surface area contributed by atoms with Crippen molar-refractivity contribution in [1.29, 1.82) is 0 Å². The van der Waals surface area contributed by atoms with Crippen molar-refractivity contribution in [2.45, 2.75) is 69.0 Å². The largest absolute Gasteiger partial charge is 0.388 e. The highest BCUT2D eigenvalue weighted by Crippen LogP contribution is 2.24. The van der Waals surface area contributed by atoms with Crippen LogP contribution in [0.2, 0.25) is 0 Å². The average Bonchev–Trinajstić information content (AvgIpc) is 2.96. The number of nitrogens with one attached hydrogen (secondary N) is 3. The summed E-state index contributed by atoms with van der Waals surface area (Å²) in [6.45, 7) is 0.0631. The summed E-state index contributed by atoms with van der Waals surface area (Å²) in [6, 6.07) is 8.86. The molecule has 1 aromatic rings. The highest BCUT2D eigenvalue weighted by atomic mass is 16.5. The lowest BCUT2D eigenvalue weighted by molar-refractivity contribution is -0.120. The van der Waals surface area contributed by atoms with Crippen molar-refractivity contribution >= 4 is 17.6 Å². The van der Waals surface area contributed by atoms with E-state index in [2.05, 4.69) is 16.0 Å². The Bertz CT molecular complexity index is 651. The third-order valence-electron chi connectivity index (χ3n) is 5.31. The van der Waals surface area contributed by atoms with Crippen LogP contribution in [0, 0.1) is 0 Å². The number of anilines is 1. The first kappa shape index (κ1) is 20.6. The number of rotatable bonds is 6. The monoisotopic (exact) mass is 391 g/mol. The van der Waals surface area contributed by atoms with Gasteiger partial charge in [-0.15, -0.1) is 0 Å². The maximum atomic E-state index is 12.2. The van der Waals surface area contributed by atoms with Gasteiger partial charge in [0.15, 0.2) is 0 Å². The third kappa shape index (κ3) is 5.67. The Hall–Kier alpha value is -2.16. The molecule has 4 atom stereocenters. The van der Waals surface area contributed by atoms with E-state index in [4.69, 9.17) is 4.74 Å². The first-order valence-corrected chi connectivity index (χ1v) is 9.94. The van der Waals surface area contributed by atoms with Crippen molar-refractivity contribution in [3.05, 3.63) is 30.3 Å². The van der Waals surface area contributed by atoms with Crippen molar-refractivity contribution in [3.8, 4) is 0 Å². The Morgan fingerprint density at radius 2 is 1.68 bits per heavy atom. The molecular weight excluding hydrogens is 362 g/mol. The van der Waals surface area contributed by atoms with Gasteiger partial charge in [0.1, 0.15) is 18.3 Å². The van der Waals surface area contributed by atoms with E-state index in [1.165, 1.54) is 6.42 Å². The molecule has 5 N–H and O–H groups in total. The zero-order valence-corrected chi connectivity index (χ0v) is 15.8. The zero-order chi connectivity index (χ0) is 19.9. The molecule has 0 radical (unpaired) electrons. The van der Waals surface area contributed by atoms with Crippen molar-refractivity contribution in [2.24, 2.45) is 0 Å². The van der Waals surface area contributed by atoms with Gasteiger partial charge in [-0.05, 0) is 25.0 Å². The molecule has 1 heterocycles. The number of carbonyl (C=O) groups excluding carboxylic acids is 2. The molecule has 1 saturated carbocycles. The Labute approximate surface area is 164 Å². The number of aliphatic hydroxyl groups is 2. The predicted octanol–water partition coefficient (Wildman–Crippen LogP) is 1.14. The second-order valence-electron chi connectivity index (χ2n) is 7.50. The van der Waals surface area contributed by atoms with Crippen LogP contribution >= 0.6 is 0 Å². The van der Waals surface area contributed by atoms with Crippen LogP contribution < -0.4 is 16.0 Å². The fraction of sp³-hybridized carbons (Fsp3) is 0.600. The molecule has 8 nitrogen and oxygen atoms in total. The minimum absolute atomic E-state index is 0.0631. The molecule has 1 aliphatic carbocycles. The Kier molecular flexibility index (Phi) is 7.24. The van der Waals surface area contributed by atoms with Crippen LogP contribution in [-0.4, -0.2) is 59.2 Å². The maximum Gasteiger partial charge on any atom is 0.315 e. The molecule has 0 bridgehead atoms. The van der Waals surface area contributed by atoms with Crippen LogP contribution in [0.15, 0.2) is 30.3 Å². The lowest BCUT2D eigenvalue weighted by Gasteiger charge is -2.23. The van der Waals surface area contributed by atoms with Gasteiger partial charge in [0, 0.05) is 18.3 Å². The highest BCUT2D eigenvalue weighted by molar-refractivity contribution is 5.91. The van der Waals surface area contributed by atoms with Crippen LogP contribution in [-0.2, 0) is 9.53 Å². The van der Waals surface area contributed by atoms with E-state index in [0.29, 0.717) is 5.69 Å². The molecule has 28 heavy (non-hydrogen) atoms. The number of amides is 3. The smallest absolute Gasteiger partial charge is 0.315 e. The summed E-state index contributed by atoms with van der Waals surface area (Å²) in [4.78, 5) is 24.2. The lowest BCUT2D eigenvalue weighted by atomic mass is 9.96. The number of hydrogen-bond donors (Lipinski definition) is 5. The van der Waals surface area contributed by atoms with E-state index in [1.54, 1.807) is 24.3 Å². The summed E-state index contributed by atoms with van der Waals surface area (Å²) >= 11 is 0. The van der Waals surface area contributed by atoms with Crippen molar-refractivity contribution < 1.29 is 24.5 Å². The predicted molar refractivity (Wildman–Crippen MR) is 104 cm³/mol. The Morgan fingerprint density at radius 3 is 2.39 bits per heavy atom. The van der Waals surface area contributed by atoms with E-state index < -0.39 is 24.4 Å². The molecule has 154 valence electrons. The van der Waals surface area contributed by atoms with E-state index in [-0.39, 0.29) is 30.9 Å². The first-order valence-electron chi connectivity index (χ1n) is 9.94. The summed E-state index contributed by atoms with van der Waals surface area (Å²) in [5, 5.41) is 28.7. The van der Waals surface area contributed by atoms with Crippen LogP contribution in [0.5, 0.6) is 0 Å². The highest BCUT2D eigenvalue weighted by Gasteiger charge is 2.43. The molecule has 1 saturated heterocycles. The van der Waals surface area contributed by atoms with E-state index in [9.17, 15) is 19.8 Å². The number of aliphatic hydroxyl groups excluding tert-OH is 2. The fourth-order valence-electron chi connectivity index (χ4n) is 3.76. The molecule has 3 amide bonds. The van der Waals surface area contributed by atoms with Crippen LogP contribution in [0.25, 0.3) is 0 Å². The van der Waals surface area contributed by atoms with Gasteiger partial charge in [-0.2, -0.15) is 0 Å². The third-order valence-corrected chi connectivity index (χ3v) is 5.31. The van der Waals surface area contributed by atoms with Gasteiger partial charge < -0.3 is 30.9 Å². The SMILES string of the molecule is O=C(C[C@@H]1O[C@H](CNC(=O)NC2CCCCC2)[C@@H](O)[C@H]1O)Nc1ccccc1. The molecule has 2 aliphatic rings. The van der Waals surface area contributed by atoms with Gasteiger partial charge in [0.2, 0.25) is 5.91 Å². The number of carbonyl (C=O) groups is 2. The Morgan fingerprint density at radius 1 is 1.00 bits per heavy atom. The number of urea groups is 1. The van der Waals surface area contributed by atoms with Gasteiger partial charge in [-0.25, -0.2) is 4.79 Å². The average molecular weight is 391 g/mol. The van der Waals surface area contributed by atoms with Gasteiger partial charge in [0.05, 0.1) is 12.5 Å². The van der Waals surface area contributed by atoms with Gasteiger partial charge in [0.25, 0.3) is 0 Å². The van der Waals surface area contributed by atoms with Gasteiger partial charge in [-0.1, -0.05) is 37.5 Å². The lowest BCUT2D eigenvalue weighted by Crippen LogP contribution is -2.47. The molecule has 8 heteroatoms. The molecule has 0 aromatic heterocycles. The molecule has 0 spiro atoms. The minimum atomic E-state index is -1.19. The maximum absolute atomic E-state index is 12.2. The summed E-state index contributed by atoms with van der Waals surface area (Å²) in [6.07, 6.45) is 1.38.